The van der Waals surface area contributed by atoms with Crippen molar-refractivity contribution in [2.45, 2.75) is 38.9 Å². The SMILES string of the molecule is Cc1cccc(Cn2nnnc2CNC2CC2)c1. The van der Waals surface area contributed by atoms with Crippen LogP contribution < -0.4 is 5.32 Å². The molecular formula is C13H17N5. The van der Waals surface area contributed by atoms with Crippen molar-refractivity contribution in [1.29, 1.82) is 0 Å². The predicted molar refractivity (Wildman–Crippen MR) is 68.0 cm³/mol. The van der Waals surface area contributed by atoms with E-state index in [9.17, 15) is 0 Å². The third-order valence-corrected chi connectivity index (χ3v) is 3.15. The molecule has 94 valence electrons. The molecule has 0 amide bonds. The molecule has 0 spiro atoms. The minimum absolute atomic E-state index is 0.675. The summed E-state index contributed by atoms with van der Waals surface area (Å²) in [5.74, 6) is 0.906. The lowest BCUT2D eigenvalue weighted by Gasteiger charge is -2.06. The van der Waals surface area contributed by atoms with Gasteiger partial charge in [0.2, 0.25) is 0 Å². The second-order valence-electron chi connectivity index (χ2n) is 4.90. The largest absolute Gasteiger partial charge is 0.307 e. The van der Waals surface area contributed by atoms with E-state index in [1.807, 2.05) is 4.68 Å². The minimum atomic E-state index is 0.675. The number of hydrogen-bond acceptors (Lipinski definition) is 4. The van der Waals surface area contributed by atoms with Gasteiger partial charge in [0.25, 0.3) is 0 Å². The van der Waals surface area contributed by atoms with Crippen molar-refractivity contribution in [2.24, 2.45) is 0 Å². The van der Waals surface area contributed by atoms with E-state index in [1.54, 1.807) is 0 Å². The van der Waals surface area contributed by atoms with Crippen LogP contribution in [-0.2, 0) is 13.1 Å². The maximum absolute atomic E-state index is 4.07. The molecule has 18 heavy (non-hydrogen) atoms. The molecule has 1 N–H and O–H groups in total. The Morgan fingerprint density at radius 1 is 1.39 bits per heavy atom. The maximum atomic E-state index is 4.07. The van der Waals surface area contributed by atoms with Gasteiger partial charge in [-0.2, -0.15) is 0 Å². The van der Waals surface area contributed by atoms with Crippen LogP contribution in [0.15, 0.2) is 24.3 Å². The minimum Gasteiger partial charge on any atom is -0.307 e. The highest BCUT2D eigenvalue weighted by atomic mass is 15.5. The van der Waals surface area contributed by atoms with Gasteiger partial charge in [0, 0.05) is 6.04 Å². The average Bonchev–Trinajstić information content (AvgIpc) is 3.08. The molecule has 3 rings (SSSR count). The lowest BCUT2D eigenvalue weighted by atomic mass is 10.1. The van der Waals surface area contributed by atoms with Crippen molar-refractivity contribution in [3.8, 4) is 0 Å². The highest BCUT2D eigenvalue weighted by molar-refractivity contribution is 5.22. The number of aromatic nitrogens is 4. The third kappa shape index (κ3) is 2.73. The van der Waals surface area contributed by atoms with E-state index < -0.39 is 0 Å². The van der Waals surface area contributed by atoms with Gasteiger partial charge in [0.15, 0.2) is 5.82 Å². The van der Waals surface area contributed by atoms with Gasteiger partial charge in [-0.05, 0) is 35.8 Å². The van der Waals surface area contributed by atoms with Crippen LogP contribution >= 0.6 is 0 Å². The van der Waals surface area contributed by atoms with Crippen LogP contribution in [0.2, 0.25) is 0 Å². The first-order valence-electron chi connectivity index (χ1n) is 6.35. The van der Waals surface area contributed by atoms with Gasteiger partial charge in [-0.1, -0.05) is 29.8 Å². The van der Waals surface area contributed by atoms with Gasteiger partial charge in [-0.3, -0.25) is 0 Å². The van der Waals surface area contributed by atoms with Crippen molar-refractivity contribution < 1.29 is 0 Å². The molecule has 1 aliphatic rings. The molecule has 2 aromatic rings. The number of benzene rings is 1. The first kappa shape index (κ1) is 11.3. The molecule has 1 fully saturated rings. The van der Waals surface area contributed by atoms with Gasteiger partial charge < -0.3 is 5.32 Å². The highest BCUT2D eigenvalue weighted by Gasteiger charge is 2.21. The smallest absolute Gasteiger partial charge is 0.165 e. The van der Waals surface area contributed by atoms with Gasteiger partial charge >= 0.3 is 0 Å². The Hall–Kier alpha value is -1.75. The topological polar surface area (TPSA) is 55.6 Å². The summed E-state index contributed by atoms with van der Waals surface area (Å²) in [7, 11) is 0. The fourth-order valence-corrected chi connectivity index (χ4v) is 1.98. The number of nitrogens with zero attached hydrogens (tertiary/aromatic N) is 4. The summed E-state index contributed by atoms with van der Waals surface area (Å²) in [6.07, 6.45) is 2.55. The zero-order valence-electron chi connectivity index (χ0n) is 10.5. The Balaban J connectivity index is 1.69. The molecular weight excluding hydrogens is 226 g/mol. The molecule has 5 nitrogen and oxygen atoms in total. The molecule has 1 aliphatic carbocycles. The zero-order valence-corrected chi connectivity index (χ0v) is 10.5. The molecule has 1 aromatic heterocycles. The van der Waals surface area contributed by atoms with E-state index >= 15 is 0 Å². The molecule has 0 radical (unpaired) electrons. The summed E-state index contributed by atoms with van der Waals surface area (Å²) < 4.78 is 1.87. The zero-order chi connectivity index (χ0) is 12.4. The number of hydrogen-bond donors (Lipinski definition) is 1. The molecule has 1 heterocycles. The second kappa shape index (κ2) is 4.86. The Morgan fingerprint density at radius 2 is 2.28 bits per heavy atom. The Labute approximate surface area is 106 Å². The van der Waals surface area contributed by atoms with Crippen LogP contribution in [0.5, 0.6) is 0 Å². The monoisotopic (exact) mass is 243 g/mol. The molecule has 0 bridgehead atoms. The summed E-state index contributed by atoms with van der Waals surface area (Å²) in [6.45, 7) is 3.58. The molecule has 0 saturated heterocycles. The van der Waals surface area contributed by atoms with Crippen molar-refractivity contribution in [1.82, 2.24) is 25.5 Å². The average molecular weight is 243 g/mol. The van der Waals surface area contributed by atoms with E-state index in [4.69, 9.17) is 0 Å². The van der Waals surface area contributed by atoms with Crippen LogP contribution in [0.4, 0.5) is 0 Å². The Kier molecular flexibility index (Phi) is 3.06. The lowest BCUT2D eigenvalue weighted by molar-refractivity contribution is 0.577. The number of rotatable bonds is 5. The van der Waals surface area contributed by atoms with Gasteiger partial charge in [-0.15, -0.1) is 5.10 Å². The molecule has 0 aliphatic heterocycles. The summed E-state index contributed by atoms with van der Waals surface area (Å²) in [5.41, 5.74) is 2.49. The standard InChI is InChI=1S/C13H17N5/c1-10-3-2-4-11(7-10)9-18-13(15-16-17-18)8-14-12-5-6-12/h2-4,7,12,14H,5-6,8-9H2,1H3. The fraction of sp³-hybridized carbons (Fsp3) is 0.462. The van der Waals surface area contributed by atoms with Crippen LogP contribution in [0.3, 0.4) is 0 Å². The summed E-state index contributed by atoms with van der Waals surface area (Å²) >= 11 is 0. The quantitative estimate of drug-likeness (QED) is 0.859. The van der Waals surface area contributed by atoms with Crippen molar-refractivity contribution in [3.05, 3.63) is 41.2 Å². The summed E-state index contributed by atoms with van der Waals surface area (Å²) in [5, 5.41) is 15.3. The van der Waals surface area contributed by atoms with Crippen molar-refractivity contribution in [3.63, 3.8) is 0 Å². The first-order chi connectivity index (χ1) is 8.81. The number of aryl methyl sites for hydroxylation is 1. The van der Waals surface area contributed by atoms with Gasteiger partial charge in [0.05, 0.1) is 13.1 Å². The Bertz CT molecular complexity index is 530. The summed E-state index contributed by atoms with van der Waals surface area (Å²) in [4.78, 5) is 0. The fourth-order valence-electron chi connectivity index (χ4n) is 1.98. The van der Waals surface area contributed by atoms with Crippen molar-refractivity contribution in [2.75, 3.05) is 0 Å². The van der Waals surface area contributed by atoms with Gasteiger partial charge in [0.1, 0.15) is 0 Å². The van der Waals surface area contributed by atoms with E-state index in [2.05, 4.69) is 52.0 Å². The van der Waals surface area contributed by atoms with E-state index in [0.29, 0.717) is 6.04 Å². The lowest BCUT2D eigenvalue weighted by Crippen LogP contribution is -2.19. The molecule has 0 unspecified atom stereocenters. The van der Waals surface area contributed by atoms with E-state index in [1.165, 1.54) is 24.0 Å². The third-order valence-electron chi connectivity index (χ3n) is 3.15. The van der Waals surface area contributed by atoms with E-state index in [0.717, 1.165) is 18.9 Å². The summed E-state index contributed by atoms with van der Waals surface area (Å²) in [6, 6.07) is 9.11. The van der Waals surface area contributed by atoms with E-state index in [-0.39, 0.29) is 0 Å². The second-order valence-corrected chi connectivity index (χ2v) is 4.90. The first-order valence-corrected chi connectivity index (χ1v) is 6.35. The van der Waals surface area contributed by atoms with Crippen molar-refractivity contribution >= 4 is 0 Å². The maximum Gasteiger partial charge on any atom is 0.165 e. The highest BCUT2D eigenvalue weighted by Crippen LogP contribution is 2.19. The molecule has 1 saturated carbocycles. The number of nitrogens with one attached hydrogen (secondary N) is 1. The van der Waals surface area contributed by atoms with Gasteiger partial charge in [-0.25, -0.2) is 4.68 Å². The van der Waals surface area contributed by atoms with Crippen LogP contribution in [-0.4, -0.2) is 26.2 Å². The molecule has 5 heteroatoms. The number of tetrazole rings is 1. The van der Waals surface area contributed by atoms with Crippen LogP contribution in [0.25, 0.3) is 0 Å². The predicted octanol–water partition coefficient (Wildman–Crippen LogP) is 1.28. The molecule has 1 aromatic carbocycles. The Morgan fingerprint density at radius 3 is 3.06 bits per heavy atom. The molecule has 0 atom stereocenters. The van der Waals surface area contributed by atoms with Crippen LogP contribution in [0, 0.1) is 6.92 Å². The van der Waals surface area contributed by atoms with Crippen LogP contribution in [0.1, 0.15) is 29.8 Å². The normalized spacial score (nSPS) is 14.9.